The van der Waals surface area contributed by atoms with E-state index in [-0.39, 0.29) is 18.0 Å². The van der Waals surface area contributed by atoms with Crippen molar-refractivity contribution in [3.05, 3.63) is 22.2 Å². The Bertz CT molecular complexity index is 563. The maximum Gasteiger partial charge on any atom is 0.254 e. The molecule has 1 aromatic carbocycles. The summed E-state index contributed by atoms with van der Waals surface area (Å²) in [4.78, 5) is 14.9. The molecule has 1 aliphatic rings. The van der Waals surface area contributed by atoms with Gasteiger partial charge in [-0.25, -0.2) is 0 Å². The van der Waals surface area contributed by atoms with Gasteiger partial charge in [-0.05, 0) is 61.2 Å². The van der Waals surface area contributed by atoms with Crippen LogP contribution in [0.4, 0.5) is 0 Å². The quantitative estimate of drug-likeness (QED) is 0.846. The Balaban J connectivity index is 2.33. The average Bonchev–Trinajstić information content (AvgIpc) is 2.55. The number of piperidine rings is 1. The Hall–Kier alpha value is -1.27. The molecule has 1 heterocycles. The summed E-state index contributed by atoms with van der Waals surface area (Å²) in [5.74, 6) is 1.17. The van der Waals surface area contributed by atoms with Crippen molar-refractivity contribution in [1.29, 1.82) is 0 Å². The Labute approximate surface area is 146 Å². The molecule has 1 aliphatic heterocycles. The first-order valence-electron chi connectivity index (χ1n) is 8.06. The number of halogens is 1. The van der Waals surface area contributed by atoms with E-state index in [2.05, 4.69) is 15.9 Å². The molecule has 2 unspecified atom stereocenters. The van der Waals surface area contributed by atoms with Crippen molar-refractivity contribution in [3.8, 4) is 11.5 Å². The van der Waals surface area contributed by atoms with Gasteiger partial charge in [0.05, 0.1) is 18.2 Å². The van der Waals surface area contributed by atoms with Crippen LogP contribution in [0.25, 0.3) is 0 Å². The molecule has 1 amide bonds. The monoisotopic (exact) mass is 384 g/mol. The van der Waals surface area contributed by atoms with Crippen LogP contribution in [0.15, 0.2) is 16.6 Å². The second-order valence-electron chi connectivity index (χ2n) is 5.84. The maximum atomic E-state index is 13.0. The molecular weight excluding hydrogens is 360 g/mol. The van der Waals surface area contributed by atoms with Crippen LogP contribution in [0.3, 0.4) is 0 Å². The standard InChI is InChI=1S/C17H25BrN2O3/c1-4-23-16-13(18)9-12(10-15(16)22-3)17(21)20-8-6-5-7-14(20)11(2)19/h9-11,14H,4-8,19H2,1-3H3. The van der Waals surface area contributed by atoms with E-state index in [9.17, 15) is 4.79 Å². The number of nitrogens with zero attached hydrogens (tertiary/aromatic N) is 1. The lowest BCUT2D eigenvalue weighted by Crippen LogP contribution is -2.51. The van der Waals surface area contributed by atoms with Crippen molar-refractivity contribution in [3.63, 3.8) is 0 Å². The predicted octanol–water partition coefficient (Wildman–Crippen LogP) is 3.20. The van der Waals surface area contributed by atoms with Crippen LogP contribution in [0.5, 0.6) is 11.5 Å². The van der Waals surface area contributed by atoms with Gasteiger partial charge < -0.3 is 20.1 Å². The number of carbonyl (C=O) groups excluding carboxylic acids is 1. The molecule has 23 heavy (non-hydrogen) atoms. The molecule has 1 aromatic rings. The van der Waals surface area contributed by atoms with Crippen molar-refractivity contribution >= 4 is 21.8 Å². The summed E-state index contributed by atoms with van der Waals surface area (Å²) >= 11 is 3.48. The lowest BCUT2D eigenvalue weighted by molar-refractivity contribution is 0.0583. The van der Waals surface area contributed by atoms with Gasteiger partial charge in [0.2, 0.25) is 0 Å². The summed E-state index contributed by atoms with van der Waals surface area (Å²) in [6.45, 7) is 5.15. The van der Waals surface area contributed by atoms with E-state index in [1.54, 1.807) is 19.2 Å². The zero-order valence-electron chi connectivity index (χ0n) is 14.0. The largest absolute Gasteiger partial charge is 0.493 e. The van der Waals surface area contributed by atoms with Gasteiger partial charge >= 0.3 is 0 Å². The van der Waals surface area contributed by atoms with Gasteiger partial charge in [-0.2, -0.15) is 0 Å². The van der Waals surface area contributed by atoms with Crippen LogP contribution in [0, 0.1) is 0 Å². The minimum Gasteiger partial charge on any atom is -0.493 e. The normalized spacial score (nSPS) is 19.3. The first-order valence-corrected chi connectivity index (χ1v) is 8.85. The van der Waals surface area contributed by atoms with Crippen molar-refractivity contribution < 1.29 is 14.3 Å². The Kier molecular flexibility index (Phi) is 6.30. The fourth-order valence-corrected chi connectivity index (χ4v) is 3.61. The summed E-state index contributed by atoms with van der Waals surface area (Å²) in [7, 11) is 1.57. The number of carbonyl (C=O) groups is 1. The zero-order chi connectivity index (χ0) is 17.0. The molecule has 0 bridgehead atoms. The number of amides is 1. The van der Waals surface area contributed by atoms with Gasteiger partial charge in [0.15, 0.2) is 11.5 Å². The lowest BCUT2D eigenvalue weighted by Gasteiger charge is -2.38. The van der Waals surface area contributed by atoms with Gasteiger partial charge in [0, 0.05) is 24.2 Å². The molecule has 1 saturated heterocycles. The van der Waals surface area contributed by atoms with Crippen LogP contribution in [-0.4, -0.2) is 43.2 Å². The predicted molar refractivity (Wildman–Crippen MR) is 94.2 cm³/mol. The van der Waals surface area contributed by atoms with E-state index in [4.69, 9.17) is 15.2 Å². The summed E-state index contributed by atoms with van der Waals surface area (Å²) in [6, 6.07) is 3.59. The topological polar surface area (TPSA) is 64.8 Å². The number of hydrogen-bond acceptors (Lipinski definition) is 4. The van der Waals surface area contributed by atoms with Crippen LogP contribution in [-0.2, 0) is 0 Å². The molecule has 0 radical (unpaired) electrons. The smallest absolute Gasteiger partial charge is 0.254 e. The van der Waals surface area contributed by atoms with Crippen molar-refractivity contribution in [2.75, 3.05) is 20.3 Å². The number of methoxy groups -OCH3 is 1. The SMILES string of the molecule is CCOc1c(Br)cc(C(=O)N2CCCCC2C(C)N)cc1OC. The third-order valence-electron chi connectivity index (χ3n) is 4.18. The van der Waals surface area contributed by atoms with Crippen LogP contribution in [0.1, 0.15) is 43.5 Å². The van der Waals surface area contributed by atoms with E-state index < -0.39 is 0 Å². The first-order chi connectivity index (χ1) is 11.0. The lowest BCUT2D eigenvalue weighted by atomic mass is 9.96. The first kappa shape index (κ1) is 18.1. The molecule has 0 aliphatic carbocycles. The van der Waals surface area contributed by atoms with Gasteiger partial charge in [-0.1, -0.05) is 0 Å². The van der Waals surface area contributed by atoms with Crippen LogP contribution in [0.2, 0.25) is 0 Å². The fraction of sp³-hybridized carbons (Fsp3) is 0.588. The van der Waals surface area contributed by atoms with Crippen molar-refractivity contribution in [2.45, 2.75) is 45.2 Å². The highest BCUT2D eigenvalue weighted by Gasteiger charge is 2.30. The highest BCUT2D eigenvalue weighted by molar-refractivity contribution is 9.10. The van der Waals surface area contributed by atoms with Gasteiger partial charge in [-0.15, -0.1) is 0 Å². The maximum absolute atomic E-state index is 13.0. The fourth-order valence-electron chi connectivity index (χ4n) is 3.05. The number of likely N-dealkylation sites (tertiary alicyclic amines) is 1. The molecular formula is C17H25BrN2O3. The highest BCUT2D eigenvalue weighted by Crippen LogP contribution is 2.37. The Morgan fingerprint density at radius 2 is 2.22 bits per heavy atom. The van der Waals surface area contributed by atoms with E-state index in [0.717, 1.165) is 30.3 Å². The third-order valence-corrected chi connectivity index (χ3v) is 4.77. The molecule has 2 rings (SSSR count). The number of hydrogen-bond donors (Lipinski definition) is 1. The van der Waals surface area contributed by atoms with Crippen molar-refractivity contribution in [2.24, 2.45) is 5.73 Å². The molecule has 1 fully saturated rings. The molecule has 0 saturated carbocycles. The van der Waals surface area contributed by atoms with E-state index in [0.29, 0.717) is 23.7 Å². The van der Waals surface area contributed by atoms with E-state index in [1.165, 1.54) is 0 Å². The number of nitrogens with two attached hydrogens (primary N) is 1. The zero-order valence-corrected chi connectivity index (χ0v) is 15.6. The second kappa shape index (κ2) is 8.02. The number of rotatable bonds is 5. The summed E-state index contributed by atoms with van der Waals surface area (Å²) in [5, 5.41) is 0. The Morgan fingerprint density at radius 1 is 1.48 bits per heavy atom. The van der Waals surface area contributed by atoms with Gasteiger partial charge in [-0.3, -0.25) is 4.79 Å². The van der Waals surface area contributed by atoms with E-state index >= 15 is 0 Å². The molecule has 5 nitrogen and oxygen atoms in total. The van der Waals surface area contributed by atoms with E-state index in [1.807, 2.05) is 18.7 Å². The number of benzene rings is 1. The molecule has 6 heteroatoms. The second-order valence-corrected chi connectivity index (χ2v) is 6.70. The molecule has 0 aromatic heterocycles. The molecule has 128 valence electrons. The minimum absolute atomic E-state index is 0.00551. The average molecular weight is 385 g/mol. The Morgan fingerprint density at radius 3 is 2.83 bits per heavy atom. The molecule has 0 spiro atoms. The number of ether oxygens (including phenoxy) is 2. The molecule has 2 atom stereocenters. The van der Waals surface area contributed by atoms with Crippen LogP contribution < -0.4 is 15.2 Å². The third kappa shape index (κ3) is 3.98. The van der Waals surface area contributed by atoms with Crippen molar-refractivity contribution in [1.82, 2.24) is 4.90 Å². The van der Waals surface area contributed by atoms with Gasteiger partial charge in [0.25, 0.3) is 5.91 Å². The van der Waals surface area contributed by atoms with Crippen LogP contribution >= 0.6 is 15.9 Å². The summed E-state index contributed by atoms with van der Waals surface area (Å²) < 4.78 is 11.7. The minimum atomic E-state index is -0.0349. The summed E-state index contributed by atoms with van der Waals surface area (Å²) in [5.41, 5.74) is 6.66. The summed E-state index contributed by atoms with van der Waals surface area (Å²) in [6.07, 6.45) is 3.09. The van der Waals surface area contributed by atoms with Gasteiger partial charge in [0.1, 0.15) is 0 Å². The highest BCUT2D eigenvalue weighted by atomic mass is 79.9. The molecule has 2 N–H and O–H groups in total.